The van der Waals surface area contributed by atoms with E-state index < -0.39 is 0 Å². The van der Waals surface area contributed by atoms with Gasteiger partial charge >= 0.3 is 0 Å². The number of hydrogen-bond donors (Lipinski definition) is 3. The molecule has 2 aliphatic heterocycles. The zero-order valence-electron chi connectivity index (χ0n) is 9.97. The smallest absolute Gasteiger partial charge is 0.263 e. The quantitative estimate of drug-likeness (QED) is 0.335. The second-order valence-corrected chi connectivity index (χ2v) is 4.86. The third kappa shape index (κ3) is 3.38. The number of nitrogens with zero attached hydrogens (tertiary/aromatic N) is 1. The van der Waals surface area contributed by atoms with Crippen LogP contribution in [0.1, 0.15) is 25.7 Å². The lowest BCUT2D eigenvalue weighted by atomic mass is 10.1. The molecule has 0 aliphatic carbocycles. The Morgan fingerprint density at radius 1 is 1.35 bits per heavy atom. The summed E-state index contributed by atoms with van der Waals surface area (Å²) in [6.45, 7) is 2.67. The number of nitrogens with two attached hydrogens (primary N) is 1. The van der Waals surface area contributed by atoms with E-state index in [9.17, 15) is 9.90 Å². The van der Waals surface area contributed by atoms with Crippen LogP contribution in [0.4, 0.5) is 0 Å². The van der Waals surface area contributed by atoms with Gasteiger partial charge in [0.15, 0.2) is 0 Å². The molecule has 0 spiro atoms. The van der Waals surface area contributed by atoms with Crippen molar-refractivity contribution < 1.29 is 14.6 Å². The number of rotatable bonds is 3. The van der Waals surface area contributed by atoms with Gasteiger partial charge in [0, 0.05) is 19.6 Å². The number of aliphatic hydroxyl groups excluding tert-OH is 1. The molecule has 4 N–H and O–H groups in total. The Balaban J connectivity index is 1.72. The zero-order chi connectivity index (χ0) is 12.3. The van der Waals surface area contributed by atoms with Crippen LogP contribution in [0.15, 0.2) is 0 Å². The van der Waals surface area contributed by atoms with Crippen LogP contribution in [0, 0.1) is 0 Å². The Hall–Kier alpha value is -0.690. The van der Waals surface area contributed by atoms with Gasteiger partial charge in [-0.1, -0.05) is 0 Å². The van der Waals surface area contributed by atoms with E-state index in [1.807, 2.05) is 0 Å². The Bertz CT molecular complexity index is 267. The molecule has 1 amide bonds. The SMILES string of the molecule is NNC(=O)C1CCC(CN2CCC(O)CC2)O1. The molecule has 0 saturated carbocycles. The number of aliphatic hydroxyl groups is 1. The number of hydrogen-bond acceptors (Lipinski definition) is 5. The Kier molecular flexibility index (Phi) is 4.33. The topological polar surface area (TPSA) is 87.8 Å². The van der Waals surface area contributed by atoms with E-state index >= 15 is 0 Å². The number of likely N-dealkylation sites (tertiary alicyclic amines) is 1. The maximum absolute atomic E-state index is 11.3. The highest BCUT2D eigenvalue weighted by Gasteiger charge is 2.31. The van der Waals surface area contributed by atoms with Crippen LogP contribution in [0.5, 0.6) is 0 Å². The normalized spacial score (nSPS) is 31.6. The molecular formula is C11H21N3O3. The molecule has 0 aromatic rings. The highest BCUT2D eigenvalue weighted by atomic mass is 16.5. The predicted molar refractivity (Wildman–Crippen MR) is 61.9 cm³/mol. The third-order valence-electron chi connectivity index (χ3n) is 3.56. The van der Waals surface area contributed by atoms with Crippen molar-refractivity contribution in [3.63, 3.8) is 0 Å². The lowest BCUT2D eigenvalue weighted by Gasteiger charge is -2.31. The second-order valence-electron chi connectivity index (χ2n) is 4.86. The van der Waals surface area contributed by atoms with Gasteiger partial charge in [-0.3, -0.25) is 10.2 Å². The van der Waals surface area contributed by atoms with Gasteiger partial charge in [0.1, 0.15) is 6.10 Å². The van der Waals surface area contributed by atoms with Crippen LogP contribution in [-0.2, 0) is 9.53 Å². The third-order valence-corrected chi connectivity index (χ3v) is 3.56. The van der Waals surface area contributed by atoms with E-state index in [-0.39, 0.29) is 24.2 Å². The monoisotopic (exact) mass is 243 g/mol. The van der Waals surface area contributed by atoms with E-state index in [4.69, 9.17) is 10.6 Å². The molecule has 6 heteroatoms. The van der Waals surface area contributed by atoms with E-state index in [1.54, 1.807) is 0 Å². The van der Waals surface area contributed by atoms with Crippen LogP contribution in [0.25, 0.3) is 0 Å². The molecule has 6 nitrogen and oxygen atoms in total. The number of ether oxygens (including phenoxy) is 1. The average molecular weight is 243 g/mol. The lowest BCUT2D eigenvalue weighted by molar-refractivity contribution is -0.132. The molecule has 2 heterocycles. The number of amides is 1. The van der Waals surface area contributed by atoms with Crippen LogP contribution in [0.2, 0.25) is 0 Å². The van der Waals surface area contributed by atoms with Crippen molar-refractivity contribution in [2.75, 3.05) is 19.6 Å². The zero-order valence-corrected chi connectivity index (χ0v) is 9.97. The van der Waals surface area contributed by atoms with Crippen LogP contribution in [0.3, 0.4) is 0 Å². The van der Waals surface area contributed by atoms with Gasteiger partial charge in [-0.2, -0.15) is 0 Å². The standard InChI is InChI=1S/C11H21N3O3/c12-13-11(16)10-2-1-9(17-10)7-14-5-3-8(15)4-6-14/h8-10,15H,1-7,12H2,(H,13,16). The van der Waals surface area contributed by atoms with Gasteiger partial charge in [0.25, 0.3) is 5.91 Å². The minimum Gasteiger partial charge on any atom is -0.393 e. The molecule has 0 bridgehead atoms. The first-order valence-electron chi connectivity index (χ1n) is 6.25. The van der Waals surface area contributed by atoms with Crippen molar-refractivity contribution in [1.82, 2.24) is 10.3 Å². The second kappa shape index (κ2) is 5.77. The van der Waals surface area contributed by atoms with Gasteiger partial charge in [-0.25, -0.2) is 5.84 Å². The summed E-state index contributed by atoms with van der Waals surface area (Å²) < 4.78 is 5.65. The fourth-order valence-corrected chi connectivity index (χ4v) is 2.52. The Morgan fingerprint density at radius 2 is 2.06 bits per heavy atom. The molecular weight excluding hydrogens is 222 g/mol. The first-order valence-corrected chi connectivity index (χ1v) is 6.25. The molecule has 2 rings (SSSR count). The number of carbonyl (C=O) groups is 1. The predicted octanol–water partition coefficient (Wildman–Crippen LogP) is -1.02. The summed E-state index contributed by atoms with van der Waals surface area (Å²) in [4.78, 5) is 13.6. The number of piperidine rings is 1. The summed E-state index contributed by atoms with van der Waals surface area (Å²) in [5.74, 6) is 4.84. The van der Waals surface area contributed by atoms with Gasteiger partial charge in [0.05, 0.1) is 12.2 Å². The lowest BCUT2D eigenvalue weighted by Crippen LogP contribution is -2.42. The summed E-state index contributed by atoms with van der Waals surface area (Å²) in [7, 11) is 0. The molecule has 0 aromatic heterocycles. The summed E-state index contributed by atoms with van der Waals surface area (Å²) >= 11 is 0. The maximum atomic E-state index is 11.3. The van der Waals surface area contributed by atoms with E-state index in [0.29, 0.717) is 0 Å². The minimum atomic E-state index is -0.389. The number of nitrogens with one attached hydrogen (secondary N) is 1. The van der Waals surface area contributed by atoms with Gasteiger partial charge in [0.2, 0.25) is 0 Å². The summed E-state index contributed by atoms with van der Waals surface area (Å²) in [6, 6.07) is 0. The minimum absolute atomic E-state index is 0.118. The average Bonchev–Trinajstić information content (AvgIpc) is 2.80. The van der Waals surface area contributed by atoms with E-state index in [1.165, 1.54) is 0 Å². The molecule has 2 saturated heterocycles. The van der Waals surface area contributed by atoms with Crippen molar-refractivity contribution in [1.29, 1.82) is 0 Å². The molecule has 0 radical (unpaired) electrons. The Morgan fingerprint density at radius 3 is 2.71 bits per heavy atom. The summed E-state index contributed by atoms with van der Waals surface area (Å²) in [5, 5.41) is 9.41. The fourth-order valence-electron chi connectivity index (χ4n) is 2.52. The molecule has 2 atom stereocenters. The van der Waals surface area contributed by atoms with Gasteiger partial charge in [-0.15, -0.1) is 0 Å². The molecule has 0 aromatic carbocycles. The maximum Gasteiger partial charge on any atom is 0.263 e. The number of carbonyl (C=O) groups excluding carboxylic acids is 1. The van der Waals surface area contributed by atoms with Crippen molar-refractivity contribution >= 4 is 5.91 Å². The Labute approximate surface area is 101 Å². The van der Waals surface area contributed by atoms with Crippen LogP contribution in [-0.4, -0.2) is 53.9 Å². The molecule has 2 aliphatic rings. The van der Waals surface area contributed by atoms with Crippen LogP contribution >= 0.6 is 0 Å². The highest BCUT2D eigenvalue weighted by molar-refractivity contribution is 5.80. The number of hydrazine groups is 1. The largest absolute Gasteiger partial charge is 0.393 e. The van der Waals surface area contributed by atoms with E-state index in [2.05, 4.69) is 10.3 Å². The fraction of sp³-hybridized carbons (Fsp3) is 0.909. The molecule has 2 fully saturated rings. The van der Waals surface area contributed by atoms with Crippen molar-refractivity contribution in [3.05, 3.63) is 0 Å². The molecule has 2 unspecified atom stereocenters. The van der Waals surface area contributed by atoms with Gasteiger partial charge < -0.3 is 14.7 Å². The molecule has 17 heavy (non-hydrogen) atoms. The first kappa shape index (κ1) is 12.8. The highest BCUT2D eigenvalue weighted by Crippen LogP contribution is 2.22. The van der Waals surface area contributed by atoms with Crippen molar-refractivity contribution in [2.45, 2.75) is 44.0 Å². The van der Waals surface area contributed by atoms with Crippen molar-refractivity contribution in [2.24, 2.45) is 5.84 Å². The van der Waals surface area contributed by atoms with Crippen LogP contribution < -0.4 is 11.3 Å². The molecule has 98 valence electrons. The van der Waals surface area contributed by atoms with E-state index in [0.717, 1.165) is 45.3 Å². The van der Waals surface area contributed by atoms with Crippen molar-refractivity contribution in [3.8, 4) is 0 Å². The summed E-state index contributed by atoms with van der Waals surface area (Å²) in [5.41, 5.74) is 2.13. The first-order chi connectivity index (χ1) is 8.19. The summed E-state index contributed by atoms with van der Waals surface area (Å²) in [6.07, 6.45) is 2.89. The van der Waals surface area contributed by atoms with Gasteiger partial charge in [-0.05, 0) is 25.7 Å².